The molecule has 0 unspecified atom stereocenters. The molecule has 0 aromatic rings. The maximum absolute atomic E-state index is 10.5. The number of nitrogens with zero attached hydrogens (tertiary/aromatic N) is 1. The van der Waals surface area contributed by atoms with Crippen LogP contribution in [0, 0.1) is 0 Å². The number of rotatable bonds is 0. The first-order valence-electron chi connectivity index (χ1n) is 4.51. The highest BCUT2D eigenvalue weighted by atomic mass is 16.2. The molecule has 1 heterocycles. The van der Waals surface area contributed by atoms with Gasteiger partial charge in [-0.3, -0.25) is 14.5 Å². The number of imide groups is 1. The third-order valence-corrected chi connectivity index (χ3v) is 1.30. The minimum absolute atomic E-state index is 0.0602. The lowest BCUT2D eigenvalue weighted by Crippen LogP contribution is -2.23. The molecule has 12 heavy (non-hydrogen) atoms. The van der Waals surface area contributed by atoms with E-state index in [1.54, 1.807) is 0 Å². The number of carbonyl (C=O) groups is 2. The summed E-state index contributed by atoms with van der Waals surface area (Å²) in [5, 5.41) is 0. The normalized spacial score (nSPS) is 14.6. The van der Waals surface area contributed by atoms with Crippen LogP contribution in [0.15, 0.2) is 0 Å². The van der Waals surface area contributed by atoms with Crippen molar-refractivity contribution in [1.29, 1.82) is 0 Å². The number of amides is 2. The molecule has 1 rings (SSSR count). The van der Waals surface area contributed by atoms with E-state index in [0.717, 1.165) is 0 Å². The fraction of sp³-hybridized carbons (Fsp3) is 0.778. The zero-order valence-corrected chi connectivity index (χ0v) is 8.68. The van der Waals surface area contributed by atoms with Crippen molar-refractivity contribution in [2.45, 2.75) is 40.5 Å². The molecule has 0 spiro atoms. The summed E-state index contributed by atoms with van der Waals surface area (Å²) in [5.74, 6) is -0.120. The summed E-state index contributed by atoms with van der Waals surface area (Å²) in [4.78, 5) is 22.1. The molecule has 1 aliphatic rings. The molecule has 0 aromatic heterocycles. The van der Waals surface area contributed by atoms with Crippen LogP contribution in [-0.4, -0.2) is 23.8 Å². The van der Waals surface area contributed by atoms with Crippen LogP contribution in [0.25, 0.3) is 0 Å². The van der Waals surface area contributed by atoms with Crippen LogP contribution in [0.3, 0.4) is 0 Å². The first-order valence-corrected chi connectivity index (χ1v) is 4.51. The Balaban J connectivity index is 0. The molecule has 2 amide bonds. The van der Waals surface area contributed by atoms with Crippen LogP contribution >= 0.6 is 0 Å². The van der Waals surface area contributed by atoms with E-state index in [4.69, 9.17) is 0 Å². The third-order valence-electron chi connectivity index (χ3n) is 1.30. The number of carbonyl (C=O) groups excluding carboxylic acids is 2. The molecule has 72 valence electrons. The van der Waals surface area contributed by atoms with Crippen molar-refractivity contribution in [3.8, 4) is 0 Å². The molecule has 1 fully saturated rings. The Bertz CT molecular complexity index is 127. The van der Waals surface area contributed by atoms with Gasteiger partial charge in [0.2, 0.25) is 11.8 Å². The lowest BCUT2D eigenvalue weighted by molar-refractivity contribution is -0.136. The van der Waals surface area contributed by atoms with Crippen LogP contribution in [0.1, 0.15) is 40.5 Å². The van der Waals surface area contributed by atoms with Crippen molar-refractivity contribution in [2.75, 3.05) is 7.05 Å². The Hall–Kier alpha value is -0.860. The average Bonchev–Trinajstić information content (AvgIpc) is 2.43. The second kappa shape index (κ2) is 8.24. The highest BCUT2D eigenvalue weighted by molar-refractivity contribution is 6.01. The molecule has 0 atom stereocenters. The molecule has 3 nitrogen and oxygen atoms in total. The summed E-state index contributed by atoms with van der Waals surface area (Å²) in [5.41, 5.74) is 0. The quantitative estimate of drug-likeness (QED) is 0.524. The first-order chi connectivity index (χ1) is 5.72. The highest BCUT2D eigenvalue weighted by Crippen LogP contribution is 2.07. The van der Waals surface area contributed by atoms with Gasteiger partial charge in [0.15, 0.2) is 0 Å². The van der Waals surface area contributed by atoms with Gasteiger partial charge in [-0.25, -0.2) is 0 Å². The summed E-state index contributed by atoms with van der Waals surface area (Å²) >= 11 is 0. The average molecular weight is 173 g/mol. The SMILES string of the molecule is CC.CC.CN1C(=O)CCC1=O. The largest absolute Gasteiger partial charge is 0.286 e. The van der Waals surface area contributed by atoms with Crippen LogP contribution in [-0.2, 0) is 9.59 Å². The van der Waals surface area contributed by atoms with Gasteiger partial charge in [0, 0.05) is 19.9 Å². The van der Waals surface area contributed by atoms with Crippen molar-refractivity contribution in [3.63, 3.8) is 0 Å². The molecule has 1 aliphatic heterocycles. The van der Waals surface area contributed by atoms with Crippen LogP contribution < -0.4 is 0 Å². The van der Waals surface area contributed by atoms with Gasteiger partial charge in [-0.1, -0.05) is 27.7 Å². The maximum Gasteiger partial charge on any atom is 0.229 e. The minimum atomic E-state index is -0.0602. The zero-order valence-electron chi connectivity index (χ0n) is 8.68. The van der Waals surface area contributed by atoms with Gasteiger partial charge in [-0.05, 0) is 0 Å². The number of hydrogen-bond donors (Lipinski definition) is 0. The standard InChI is InChI=1S/C5H7NO2.2C2H6/c1-6-4(7)2-3-5(6)8;2*1-2/h2-3H2,1H3;2*1-2H3. The zero-order chi connectivity index (χ0) is 10.1. The second-order valence-corrected chi connectivity index (χ2v) is 1.85. The lowest BCUT2D eigenvalue weighted by atomic mass is 10.4. The van der Waals surface area contributed by atoms with Crippen LogP contribution in [0.2, 0.25) is 0 Å². The van der Waals surface area contributed by atoms with Crippen molar-refractivity contribution < 1.29 is 9.59 Å². The summed E-state index contributed by atoms with van der Waals surface area (Å²) in [6.45, 7) is 8.00. The fourth-order valence-corrected chi connectivity index (χ4v) is 0.688. The fourth-order valence-electron chi connectivity index (χ4n) is 0.688. The van der Waals surface area contributed by atoms with E-state index < -0.39 is 0 Å². The molecule has 0 radical (unpaired) electrons. The Morgan fingerprint density at radius 3 is 1.25 bits per heavy atom. The predicted octanol–water partition coefficient (Wildman–Crippen LogP) is 1.82. The van der Waals surface area contributed by atoms with E-state index in [-0.39, 0.29) is 11.8 Å². The molecule has 0 N–H and O–H groups in total. The Morgan fingerprint density at radius 1 is 0.917 bits per heavy atom. The molecular formula is C9H19NO2. The minimum Gasteiger partial charge on any atom is -0.286 e. The summed E-state index contributed by atoms with van der Waals surface area (Å²) in [6.07, 6.45) is 0.796. The molecular weight excluding hydrogens is 154 g/mol. The summed E-state index contributed by atoms with van der Waals surface area (Å²) in [7, 11) is 1.51. The van der Waals surface area contributed by atoms with Gasteiger partial charge in [-0.15, -0.1) is 0 Å². The lowest BCUT2D eigenvalue weighted by Gasteiger charge is -2.01. The van der Waals surface area contributed by atoms with E-state index in [1.807, 2.05) is 27.7 Å². The number of likely N-dealkylation sites (tertiary alicyclic amines) is 1. The molecule has 0 saturated carbocycles. The van der Waals surface area contributed by atoms with E-state index >= 15 is 0 Å². The van der Waals surface area contributed by atoms with Crippen molar-refractivity contribution >= 4 is 11.8 Å². The smallest absolute Gasteiger partial charge is 0.229 e. The van der Waals surface area contributed by atoms with Crippen molar-refractivity contribution in [1.82, 2.24) is 4.90 Å². The van der Waals surface area contributed by atoms with Crippen LogP contribution in [0.5, 0.6) is 0 Å². The van der Waals surface area contributed by atoms with Crippen molar-refractivity contribution in [3.05, 3.63) is 0 Å². The van der Waals surface area contributed by atoms with Gasteiger partial charge in [0.25, 0.3) is 0 Å². The van der Waals surface area contributed by atoms with Gasteiger partial charge in [-0.2, -0.15) is 0 Å². The Morgan fingerprint density at radius 2 is 1.17 bits per heavy atom. The van der Waals surface area contributed by atoms with Crippen LogP contribution in [0.4, 0.5) is 0 Å². The van der Waals surface area contributed by atoms with E-state index in [2.05, 4.69) is 0 Å². The highest BCUT2D eigenvalue weighted by Gasteiger charge is 2.24. The first kappa shape index (κ1) is 13.7. The van der Waals surface area contributed by atoms with Gasteiger partial charge < -0.3 is 0 Å². The summed E-state index contributed by atoms with van der Waals surface area (Å²) < 4.78 is 0. The second-order valence-electron chi connectivity index (χ2n) is 1.85. The third kappa shape index (κ3) is 4.11. The Labute approximate surface area is 74.7 Å². The van der Waals surface area contributed by atoms with Crippen molar-refractivity contribution in [2.24, 2.45) is 0 Å². The van der Waals surface area contributed by atoms with Gasteiger partial charge in [0.05, 0.1) is 0 Å². The van der Waals surface area contributed by atoms with Gasteiger partial charge >= 0.3 is 0 Å². The monoisotopic (exact) mass is 173 g/mol. The number of hydrogen-bond acceptors (Lipinski definition) is 2. The predicted molar refractivity (Wildman–Crippen MR) is 49.7 cm³/mol. The maximum atomic E-state index is 10.5. The molecule has 0 aromatic carbocycles. The van der Waals surface area contributed by atoms with E-state index in [9.17, 15) is 9.59 Å². The molecule has 1 saturated heterocycles. The van der Waals surface area contributed by atoms with Gasteiger partial charge in [0.1, 0.15) is 0 Å². The molecule has 3 heteroatoms. The van der Waals surface area contributed by atoms with E-state index in [1.165, 1.54) is 11.9 Å². The van der Waals surface area contributed by atoms with E-state index in [0.29, 0.717) is 12.8 Å². The topological polar surface area (TPSA) is 37.4 Å². The Kier molecular flexibility index (Phi) is 9.41. The summed E-state index contributed by atoms with van der Waals surface area (Å²) in [6, 6.07) is 0. The molecule has 0 bridgehead atoms. The molecule has 0 aliphatic carbocycles.